The van der Waals surface area contributed by atoms with E-state index in [9.17, 15) is 9.18 Å². The van der Waals surface area contributed by atoms with Crippen LogP contribution >= 0.6 is 0 Å². The summed E-state index contributed by atoms with van der Waals surface area (Å²) in [6.45, 7) is 1.27. The van der Waals surface area contributed by atoms with Gasteiger partial charge in [-0.25, -0.2) is 9.18 Å². The van der Waals surface area contributed by atoms with Crippen LogP contribution in [0.1, 0.15) is 12.8 Å². The zero-order valence-corrected chi connectivity index (χ0v) is 10.9. The molecule has 1 aromatic rings. The number of halogens is 1. The van der Waals surface area contributed by atoms with E-state index >= 15 is 0 Å². The van der Waals surface area contributed by atoms with Crippen LogP contribution in [0.4, 0.5) is 10.1 Å². The normalized spacial score (nSPS) is 20.6. The lowest BCUT2D eigenvalue weighted by atomic mass is 9.93. The maximum absolute atomic E-state index is 12.9. The molecule has 5 heteroatoms. The standard InChI is InChI=1S/C14H18FNO3/c1-18-14(17)13(10-3-2-8-19-9-10)16-12-6-4-11(15)5-7-12/h4-7,10,13,16H,2-3,8-9H2,1H3. The fourth-order valence-electron chi connectivity index (χ4n) is 2.25. The smallest absolute Gasteiger partial charge is 0.328 e. The van der Waals surface area contributed by atoms with Crippen molar-refractivity contribution in [2.45, 2.75) is 18.9 Å². The molecule has 0 spiro atoms. The van der Waals surface area contributed by atoms with E-state index in [4.69, 9.17) is 9.47 Å². The highest BCUT2D eigenvalue weighted by Crippen LogP contribution is 2.22. The topological polar surface area (TPSA) is 47.6 Å². The number of carbonyl (C=O) groups excluding carboxylic acids is 1. The first-order chi connectivity index (χ1) is 9.20. The van der Waals surface area contributed by atoms with Gasteiger partial charge in [0, 0.05) is 18.2 Å². The predicted octanol–water partition coefficient (Wildman–Crippen LogP) is 2.21. The summed E-state index contributed by atoms with van der Waals surface area (Å²) in [6, 6.07) is 5.46. The number of anilines is 1. The van der Waals surface area contributed by atoms with E-state index in [1.165, 1.54) is 19.2 Å². The van der Waals surface area contributed by atoms with Gasteiger partial charge in [-0.05, 0) is 37.1 Å². The molecule has 1 saturated heterocycles. The van der Waals surface area contributed by atoms with Crippen molar-refractivity contribution in [1.82, 2.24) is 0 Å². The quantitative estimate of drug-likeness (QED) is 0.850. The molecule has 1 aliphatic rings. The van der Waals surface area contributed by atoms with Gasteiger partial charge in [0.2, 0.25) is 0 Å². The summed E-state index contributed by atoms with van der Waals surface area (Å²) >= 11 is 0. The van der Waals surface area contributed by atoms with E-state index in [0.717, 1.165) is 19.4 Å². The SMILES string of the molecule is COC(=O)C(Nc1ccc(F)cc1)C1CCCOC1. The number of nitrogens with one attached hydrogen (secondary N) is 1. The monoisotopic (exact) mass is 267 g/mol. The third kappa shape index (κ3) is 3.67. The van der Waals surface area contributed by atoms with E-state index in [1.54, 1.807) is 12.1 Å². The lowest BCUT2D eigenvalue weighted by Gasteiger charge is -2.29. The van der Waals surface area contributed by atoms with Gasteiger partial charge in [-0.3, -0.25) is 0 Å². The number of rotatable bonds is 4. The summed E-state index contributed by atoms with van der Waals surface area (Å²) < 4.78 is 23.1. The van der Waals surface area contributed by atoms with Gasteiger partial charge in [0.1, 0.15) is 11.9 Å². The van der Waals surface area contributed by atoms with Gasteiger partial charge in [0.15, 0.2) is 0 Å². The van der Waals surface area contributed by atoms with Crippen LogP contribution in [0, 0.1) is 11.7 Å². The van der Waals surface area contributed by atoms with Crippen molar-refractivity contribution >= 4 is 11.7 Å². The third-order valence-electron chi connectivity index (χ3n) is 3.29. The molecule has 19 heavy (non-hydrogen) atoms. The molecule has 104 valence electrons. The molecule has 0 aromatic heterocycles. The van der Waals surface area contributed by atoms with Crippen LogP contribution in [-0.4, -0.2) is 32.3 Å². The minimum atomic E-state index is -0.462. The lowest BCUT2D eigenvalue weighted by molar-refractivity contribution is -0.144. The zero-order valence-electron chi connectivity index (χ0n) is 10.9. The van der Waals surface area contributed by atoms with Crippen molar-refractivity contribution in [3.8, 4) is 0 Å². The summed E-state index contributed by atoms with van der Waals surface area (Å²) in [6.07, 6.45) is 1.84. The van der Waals surface area contributed by atoms with Crippen LogP contribution in [0.15, 0.2) is 24.3 Å². The Morgan fingerprint density at radius 1 is 1.47 bits per heavy atom. The second-order valence-electron chi connectivity index (χ2n) is 4.63. The first kappa shape index (κ1) is 13.8. The lowest BCUT2D eigenvalue weighted by Crippen LogP contribution is -2.41. The number of ether oxygens (including phenoxy) is 2. The van der Waals surface area contributed by atoms with Gasteiger partial charge >= 0.3 is 5.97 Å². The van der Waals surface area contributed by atoms with Crippen molar-refractivity contribution in [3.63, 3.8) is 0 Å². The van der Waals surface area contributed by atoms with Crippen molar-refractivity contribution in [2.24, 2.45) is 5.92 Å². The number of hydrogen-bond donors (Lipinski definition) is 1. The summed E-state index contributed by atoms with van der Waals surface area (Å²) in [7, 11) is 1.37. The Morgan fingerprint density at radius 3 is 2.79 bits per heavy atom. The number of esters is 1. The molecule has 2 rings (SSSR count). The Balaban J connectivity index is 2.08. The van der Waals surface area contributed by atoms with Gasteiger partial charge in [0.25, 0.3) is 0 Å². The van der Waals surface area contributed by atoms with E-state index < -0.39 is 6.04 Å². The first-order valence-electron chi connectivity index (χ1n) is 6.38. The predicted molar refractivity (Wildman–Crippen MR) is 69.4 cm³/mol. The number of hydrogen-bond acceptors (Lipinski definition) is 4. The highest BCUT2D eigenvalue weighted by Gasteiger charge is 2.30. The number of benzene rings is 1. The highest BCUT2D eigenvalue weighted by molar-refractivity contribution is 5.79. The Hall–Kier alpha value is -1.62. The average Bonchev–Trinajstić information content (AvgIpc) is 2.47. The maximum Gasteiger partial charge on any atom is 0.328 e. The van der Waals surface area contributed by atoms with E-state index in [2.05, 4.69) is 5.32 Å². The van der Waals surface area contributed by atoms with Crippen LogP contribution < -0.4 is 5.32 Å². The van der Waals surface area contributed by atoms with E-state index in [-0.39, 0.29) is 17.7 Å². The molecule has 1 fully saturated rings. The molecular formula is C14H18FNO3. The van der Waals surface area contributed by atoms with Crippen molar-refractivity contribution < 1.29 is 18.7 Å². The highest BCUT2D eigenvalue weighted by atomic mass is 19.1. The van der Waals surface area contributed by atoms with E-state index in [0.29, 0.717) is 12.3 Å². The van der Waals surface area contributed by atoms with Gasteiger partial charge in [-0.1, -0.05) is 0 Å². The summed E-state index contributed by atoms with van der Waals surface area (Å²) in [4.78, 5) is 11.9. The second-order valence-corrected chi connectivity index (χ2v) is 4.63. The minimum Gasteiger partial charge on any atom is -0.467 e. The van der Waals surface area contributed by atoms with Crippen LogP contribution in [0.5, 0.6) is 0 Å². The molecule has 1 aliphatic heterocycles. The molecule has 1 aromatic carbocycles. The first-order valence-corrected chi connectivity index (χ1v) is 6.38. The average molecular weight is 267 g/mol. The van der Waals surface area contributed by atoms with Crippen molar-refractivity contribution in [1.29, 1.82) is 0 Å². The van der Waals surface area contributed by atoms with Gasteiger partial charge < -0.3 is 14.8 Å². The molecule has 0 radical (unpaired) electrons. The minimum absolute atomic E-state index is 0.0752. The van der Waals surface area contributed by atoms with Gasteiger partial charge in [0.05, 0.1) is 13.7 Å². The molecule has 0 aliphatic carbocycles. The Bertz CT molecular complexity index is 415. The van der Waals surface area contributed by atoms with Crippen molar-refractivity contribution in [2.75, 3.05) is 25.6 Å². The van der Waals surface area contributed by atoms with Gasteiger partial charge in [-0.15, -0.1) is 0 Å². The molecular weight excluding hydrogens is 249 g/mol. The van der Waals surface area contributed by atoms with Crippen LogP contribution in [0.2, 0.25) is 0 Å². The molecule has 0 saturated carbocycles. The summed E-state index contributed by atoms with van der Waals surface area (Å²) in [5.74, 6) is -0.549. The summed E-state index contributed by atoms with van der Waals surface area (Å²) in [5, 5.41) is 3.11. The summed E-state index contributed by atoms with van der Waals surface area (Å²) in [5.41, 5.74) is 0.697. The molecule has 1 heterocycles. The third-order valence-corrected chi connectivity index (χ3v) is 3.29. The Morgan fingerprint density at radius 2 is 2.21 bits per heavy atom. The second kappa shape index (κ2) is 6.52. The molecule has 1 N–H and O–H groups in total. The fourth-order valence-corrected chi connectivity index (χ4v) is 2.25. The number of methoxy groups -OCH3 is 1. The van der Waals surface area contributed by atoms with E-state index in [1.807, 2.05) is 0 Å². The van der Waals surface area contributed by atoms with Crippen LogP contribution in [-0.2, 0) is 14.3 Å². The Kier molecular flexibility index (Phi) is 4.74. The van der Waals surface area contributed by atoms with Crippen molar-refractivity contribution in [3.05, 3.63) is 30.1 Å². The van der Waals surface area contributed by atoms with Crippen LogP contribution in [0.25, 0.3) is 0 Å². The number of carbonyl (C=O) groups is 1. The fraction of sp³-hybridized carbons (Fsp3) is 0.500. The molecule has 0 bridgehead atoms. The maximum atomic E-state index is 12.9. The molecule has 2 unspecified atom stereocenters. The molecule has 0 amide bonds. The largest absolute Gasteiger partial charge is 0.467 e. The zero-order chi connectivity index (χ0) is 13.7. The molecule has 4 nitrogen and oxygen atoms in total. The van der Waals surface area contributed by atoms with Crippen LogP contribution in [0.3, 0.4) is 0 Å². The molecule has 2 atom stereocenters. The van der Waals surface area contributed by atoms with Gasteiger partial charge in [-0.2, -0.15) is 0 Å². The Labute approximate surface area is 111 Å².